The Morgan fingerprint density at radius 1 is 1.31 bits per heavy atom. The van der Waals surface area contributed by atoms with Gasteiger partial charge in [0.15, 0.2) is 0 Å². The van der Waals surface area contributed by atoms with Crippen LogP contribution in [0, 0.1) is 0 Å². The van der Waals surface area contributed by atoms with E-state index >= 15 is 0 Å². The van der Waals surface area contributed by atoms with Gasteiger partial charge in [-0.15, -0.1) is 0 Å². The van der Waals surface area contributed by atoms with Crippen LogP contribution in [-0.2, 0) is 9.09 Å². The van der Waals surface area contributed by atoms with Crippen molar-refractivity contribution in [1.82, 2.24) is 0 Å². The summed E-state index contributed by atoms with van der Waals surface area (Å²) in [5, 5.41) is 0.588. The lowest BCUT2D eigenvalue weighted by atomic mass is 10.3. The minimum atomic E-state index is -2.81. The van der Waals surface area contributed by atoms with Gasteiger partial charge in [-0.25, -0.2) is 0 Å². The Hall–Kier alpha value is -0.990. The zero-order valence-corrected chi connectivity index (χ0v) is 10.8. The standard InChI is InChI=1S/C11H18NO3P/c1-4-14-10-8-9(12)6-7-11(10)16(3,13)15-5-2/h6-8H,4-5,12H2,1-3H3. The fourth-order valence-corrected chi connectivity index (χ4v) is 2.96. The molecule has 0 saturated carbocycles. The number of nitrogen functional groups attached to an aromatic ring is 1. The molecular weight excluding hydrogens is 225 g/mol. The van der Waals surface area contributed by atoms with Crippen molar-refractivity contribution in [3.05, 3.63) is 18.2 Å². The number of hydrogen-bond acceptors (Lipinski definition) is 4. The molecule has 0 aliphatic rings. The van der Waals surface area contributed by atoms with Crippen LogP contribution < -0.4 is 15.8 Å². The molecule has 0 aliphatic carbocycles. The van der Waals surface area contributed by atoms with Crippen LogP contribution in [0.25, 0.3) is 0 Å². The van der Waals surface area contributed by atoms with E-state index in [2.05, 4.69) is 0 Å². The van der Waals surface area contributed by atoms with Gasteiger partial charge in [0.25, 0.3) is 0 Å². The summed E-state index contributed by atoms with van der Waals surface area (Å²) in [6.07, 6.45) is 0. The fourth-order valence-electron chi connectivity index (χ4n) is 1.45. The smallest absolute Gasteiger partial charge is 0.232 e. The molecule has 0 heterocycles. The van der Waals surface area contributed by atoms with Crippen LogP contribution in [0.1, 0.15) is 13.8 Å². The second-order valence-corrected chi connectivity index (χ2v) is 5.86. The minimum absolute atomic E-state index is 0.406. The number of anilines is 1. The van der Waals surface area contributed by atoms with Crippen LogP contribution in [0.5, 0.6) is 5.75 Å². The van der Waals surface area contributed by atoms with Crippen LogP contribution in [0.2, 0.25) is 0 Å². The topological polar surface area (TPSA) is 61.5 Å². The van der Waals surface area contributed by atoms with Gasteiger partial charge in [-0.3, -0.25) is 4.57 Å². The Morgan fingerprint density at radius 3 is 2.56 bits per heavy atom. The molecule has 2 N–H and O–H groups in total. The number of hydrogen-bond donors (Lipinski definition) is 1. The number of benzene rings is 1. The monoisotopic (exact) mass is 243 g/mol. The van der Waals surface area contributed by atoms with Gasteiger partial charge < -0.3 is 15.0 Å². The van der Waals surface area contributed by atoms with Gasteiger partial charge in [-0.05, 0) is 26.0 Å². The summed E-state index contributed by atoms with van der Waals surface area (Å²) >= 11 is 0. The highest BCUT2D eigenvalue weighted by atomic mass is 31.2. The molecule has 1 atom stereocenters. The average Bonchev–Trinajstić information content (AvgIpc) is 2.17. The maximum Gasteiger partial charge on any atom is 0.232 e. The third-order valence-corrected chi connectivity index (χ3v) is 4.09. The fraction of sp³-hybridized carbons (Fsp3) is 0.455. The molecule has 16 heavy (non-hydrogen) atoms. The quantitative estimate of drug-likeness (QED) is 0.636. The van der Waals surface area contributed by atoms with Gasteiger partial charge in [-0.2, -0.15) is 0 Å². The summed E-state index contributed by atoms with van der Waals surface area (Å²) in [5.41, 5.74) is 6.25. The summed E-state index contributed by atoms with van der Waals surface area (Å²) < 4.78 is 23.0. The van der Waals surface area contributed by atoms with Crippen LogP contribution in [0.3, 0.4) is 0 Å². The molecule has 0 aromatic heterocycles. The average molecular weight is 243 g/mol. The van der Waals surface area contributed by atoms with Crippen LogP contribution in [0.4, 0.5) is 5.69 Å². The maximum atomic E-state index is 12.3. The summed E-state index contributed by atoms with van der Waals surface area (Å²) in [7, 11) is -2.81. The Bertz CT molecular complexity index is 406. The lowest BCUT2D eigenvalue weighted by Gasteiger charge is -2.17. The Labute approximate surface area is 96.2 Å². The molecule has 0 radical (unpaired) electrons. The lowest BCUT2D eigenvalue weighted by Crippen LogP contribution is -2.12. The Balaban J connectivity index is 3.16. The predicted molar refractivity (Wildman–Crippen MR) is 66.8 cm³/mol. The van der Waals surface area contributed by atoms with Gasteiger partial charge in [0.1, 0.15) is 5.75 Å². The largest absolute Gasteiger partial charge is 0.493 e. The van der Waals surface area contributed by atoms with E-state index in [0.29, 0.717) is 30.0 Å². The van der Waals surface area contributed by atoms with Crippen molar-refractivity contribution in [2.24, 2.45) is 0 Å². The maximum absolute atomic E-state index is 12.3. The SMILES string of the molecule is CCOc1cc(N)ccc1P(C)(=O)OCC. The highest BCUT2D eigenvalue weighted by Crippen LogP contribution is 2.44. The number of ether oxygens (including phenoxy) is 1. The highest BCUT2D eigenvalue weighted by molar-refractivity contribution is 7.66. The molecule has 1 aromatic carbocycles. The second kappa shape index (κ2) is 5.37. The Morgan fingerprint density at radius 2 is 2.00 bits per heavy atom. The normalized spacial score (nSPS) is 14.4. The first kappa shape index (κ1) is 13.1. The lowest BCUT2D eigenvalue weighted by molar-refractivity contribution is 0.333. The summed E-state index contributed by atoms with van der Waals surface area (Å²) in [4.78, 5) is 0. The van der Waals surface area contributed by atoms with Crippen molar-refractivity contribution in [3.8, 4) is 5.75 Å². The van der Waals surface area contributed by atoms with Crippen LogP contribution >= 0.6 is 7.37 Å². The first-order valence-electron chi connectivity index (χ1n) is 5.26. The molecule has 1 unspecified atom stereocenters. The van der Waals surface area contributed by atoms with E-state index in [0.717, 1.165) is 0 Å². The molecule has 1 aromatic rings. The van der Waals surface area contributed by atoms with Gasteiger partial charge in [0.2, 0.25) is 7.37 Å². The molecule has 5 heteroatoms. The summed E-state index contributed by atoms with van der Waals surface area (Å²) in [6, 6.07) is 5.08. The van der Waals surface area contributed by atoms with Gasteiger partial charge in [0, 0.05) is 18.4 Å². The molecule has 4 nitrogen and oxygen atoms in total. The highest BCUT2D eigenvalue weighted by Gasteiger charge is 2.23. The van der Waals surface area contributed by atoms with E-state index in [9.17, 15) is 4.57 Å². The van der Waals surface area contributed by atoms with E-state index in [1.807, 2.05) is 13.8 Å². The molecule has 90 valence electrons. The molecule has 1 rings (SSSR count). The van der Waals surface area contributed by atoms with Crippen molar-refractivity contribution >= 4 is 18.4 Å². The first-order valence-corrected chi connectivity index (χ1v) is 7.33. The molecule has 0 amide bonds. The van der Waals surface area contributed by atoms with Gasteiger partial charge in [0.05, 0.1) is 18.5 Å². The minimum Gasteiger partial charge on any atom is -0.493 e. The Kier molecular flexibility index (Phi) is 4.39. The van der Waals surface area contributed by atoms with Crippen molar-refractivity contribution in [2.75, 3.05) is 25.6 Å². The third-order valence-electron chi connectivity index (χ3n) is 2.10. The number of rotatable bonds is 5. The van der Waals surface area contributed by atoms with Crippen LogP contribution in [-0.4, -0.2) is 19.9 Å². The van der Waals surface area contributed by atoms with E-state index in [-0.39, 0.29) is 0 Å². The van der Waals surface area contributed by atoms with E-state index in [4.69, 9.17) is 15.0 Å². The zero-order valence-electron chi connectivity index (χ0n) is 9.90. The van der Waals surface area contributed by atoms with Crippen molar-refractivity contribution in [1.29, 1.82) is 0 Å². The van der Waals surface area contributed by atoms with Crippen LogP contribution in [0.15, 0.2) is 18.2 Å². The van der Waals surface area contributed by atoms with Crippen molar-refractivity contribution in [3.63, 3.8) is 0 Å². The van der Waals surface area contributed by atoms with Gasteiger partial charge in [-0.1, -0.05) is 0 Å². The zero-order chi connectivity index (χ0) is 12.2. The first-order chi connectivity index (χ1) is 7.51. The van der Waals surface area contributed by atoms with E-state index in [1.54, 1.807) is 24.9 Å². The third kappa shape index (κ3) is 3.00. The predicted octanol–water partition coefficient (Wildman–Crippen LogP) is 2.24. The summed E-state index contributed by atoms with van der Waals surface area (Å²) in [6.45, 7) is 6.18. The van der Waals surface area contributed by atoms with Crippen molar-refractivity contribution in [2.45, 2.75) is 13.8 Å². The molecule has 0 aliphatic heterocycles. The molecule has 0 saturated heterocycles. The van der Waals surface area contributed by atoms with Gasteiger partial charge >= 0.3 is 0 Å². The molecular formula is C11H18NO3P. The number of nitrogens with two attached hydrogens (primary N) is 1. The van der Waals surface area contributed by atoms with Crippen molar-refractivity contribution < 1.29 is 13.8 Å². The molecule has 0 spiro atoms. The summed E-state index contributed by atoms with van der Waals surface area (Å²) in [5.74, 6) is 0.543. The molecule has 0 fully saturated rings. The van der Waals surface area contributed by atoms with E-state index in [1.165, 1.54) is 0 Å². The van der Waals surface area contributed by atoms with E-state index < -0.39 is 7.37 Å². The second-order valence-electron chi connectivity index (χ2n) is 3.42. The molecule has 0 bridgehead atoms.